The summed E-state index contributed by atoms with van der Waals surface area (Å²) in [6, 6.07) is 8.92. The Kier molecular flexibility index (Phi) is 6.90. The Hall–Kier alpha value is -2.93. The Balaban J connectivity index is 1.77. The number of halogens is 2. The van der Waals surface area contributed by atoms with Crippen molar-refractivity contribution >= 4 is 35.1 Å². The number of amides is 2. The highest BCUT2D eigenvalue weighted by atomic mass is 35.5. The first-order valence-electron chi connectivity index (χ1n) is 8.02. The molecule has 0 unspecified atom stereocenters. The van der Waals surface area contributed by atoms with Crippen molar-refractivity contribution in [2.45, 2.75) is 13.8 Å². The second-order valence-electron chi connectivity index (χ2n) is 5.81. The van der Waals surface area contributed by atoms with Gasteiger partial charge in [0.25, 0.3) is 11.8 Å². The van der Waals surface area contributed by atoms with Crippen LogP contribution in [0.3, 0.4) is 0 Å². The molecule has 27 heavy (non-hydrogen) atoms. The van der Waals surface area contributed by atoms with E-state index in [1.54, 1.807) is 12.1 Å². The molecule has 0 spiro atoms. The average molecular weight is 393 g/mol. The Morgan fingerprint density at radius 1 is 1.07 bits per heavy atom. The summed E-state index contributed by atoms with van der Waals surface area (Å²) in [5, 5.41) is 4.86. The van der Waals surface area contributed by atoms with Gasteiger partial charge in [0.05, 0.1) is 5.69 Å². The van der Waals surface area contributed by atoms with Gasteiger partial charge in [-0.1, -0.05) is 17.7 Å². The van der Waals surface area contributed by atoms with E-state index in [9.17, 15) is 18.8 Å². The van der Waals surface area contributed by atoms with E-state index in [-0.39, 0.29) is 10.7 Å². The summed E-state index contributed by atoms with van der Waals surface area (Å²) >= 11 is 5.62. The Morgan fingerprint density at radius 3 is 2.48 bits per heavy atom. The third-order valence-electron chi connectivity index (χ3n) is 3.73. The van der Waals surface area contributed by atoms with E-state index in [4.69, 9.17) is 16.3 Å². The smallest absolute Gasteiger partial charge is 0.325 e. The van der Waals surface area contributed by atoms with Gasteiger partial charge in [0.15, 0.2) is 6.61 Å². The summed E-state index contributed by atoms with van der Waals surface area (Å²) in [5.41, 5.74) is 2.34. The normalized spacial score (nSPS) is 10.2. The van der Waals surface area contributed by atoms with E-state index >= 15 is 0 Å². The van der Waals surface area contributed by atoms with Crippen LogP contribution in [0.2, 0.25) is 5.02 Å². The van der Waals surface area contributed by atoms with Gasteiger partial charge in [0.1, 0.15) is 12.4 Å². The fraction of sp³-hybridized carbons (Fsp3) is 0.211. The molecule has 0 aromatic heterocycles. The molecule has 2 rings (SSSR count). The Labute approximate surface area is 160 Å². The van der Waals surface area contributed by atoms with Crippen LogP contribution < -0.4 is 10.6 Å². The number of benzene rings is 2. The molecule has 2 amide bonds. The van der Waals surface area contributed by atoms with Crippen LogP contribution in [0.5, 0.6) is 0 Å². The van der Waals surface area contributed by atoms with Crippen LogP contribution in [0.1, 0.15) is 21.5 Å². The molecule has 2 aromatic carbocycles. The summed E-state index contributed by atoms with van der Waals surface area (Å²) in [5.74, 6) is -2.64. The maximum absolute atomic E-state index is 13.6. The third-order valence-corrected chi connectivity index (χ3v) is 3.97. The van der Waals surface area contributed by atoms with Crippen LogP contribution >= 0.6 is 11.6 Å². The van der Waals surface area contributed by atoms with Gasteiger partial charge in [-0.05, 0) is 55.3 Å². The maximum Gasteiger partial charge on any atom is 0.325 e. The number of ether oxygens (including phenoxy) is 1. The monoisotopic (exact) mass is 392 g/mol. The number of hydrogen-bond acceptors (Lipinski definition) is 4. The van der Waals surface area contributed by atoms with Crippen molar-refractivity contribution in [3.05, 3.63) is 63.9 Å². The van der Waals surface area contributed by atoms with E-state index in [1.807, 2.05) is 19.9 Å². The second kappa shape index (κ2) is 9.14. The molecule has 0 bridgehead atoms. The molecule has 8 heteroatoms. The number of carbonyl (C=O) groups excluding carboxylic acids is 3. The summed E-state index contributed by atoms with van der Waals surface area (Å²) in [7, 11) is 0. The van der Waals surface area contributed by atoms with Crippen LogP contribution in [0.25, 0.3) is 0 Å². The minimum atomic E-state index is -0.793. The number of hydrogen-bond donors (Lipinski definition) is 2. The lowest BCUT2D eigenvalue weighted by Crippen LogP contribution is -2.32. The first-order valence-corrected chi connectivity index (χ1v) is 8.40. The SMILES string of the molecule is Cc1ccc(C(=O)NCC(=O)OCC(=O)Nc2ccc(Cl)cc2F)cc1C. The van der Waals surface area contributed by atoms with Crippen LogP contribution in [0.15, 0.2) is 36.4 Å². The fourth-order valence-electron chi connectivity index (χ4n) is 2.11. The number of rotatable bonds is 6. The molecule has 0 aliphatic carbocycles. The lowest BCUT2D eigenvalue weighted by molar-refractivity contribution is -0.146. The van der Waals surface area contributed by atoms with Gasteiger partial charge < -0.3 is 15.4 Å². The predicted molar refractivity (Wildman–Crippen MR) is 99.2 cm³/mol. The van der Waals surface area contributed by atoms with Crippen molar-refractivity contribution in [1.29, 1.82) is 0 Å². The van der Waals surface area contributed by atoms with Crippen molar-refractivity contribution in [1.82, 2.24) is 5.32 Å². The molecule has 142 valence electrons. The molecule has 0 aliphatic rings. The van der Waals surface area contributed by atoms with Crippen molar-refractivity contribution < 1.29 is 23.5 Å². The average Bonchev–Trinajstić information content (AvgIpc) is 2.62. The lowest BCUT2D eigenvalue weighted by atomic mass is 10.1. The quantitative estimate of drug-likeness (QED) is 0.740. The maximum atomic E-state index is 13.6. The zero-order valence-electron chi connectivity index (χ0n) is 14.8. The van der Waals surface area contributed by atoms with Gasteiger partial charge in [-0.2, -0.15) is 0 Å². The minimum Gasteiger partial charge on any atom is -0.454 e. The highest BCUT2D eigenvalue weighted by Gasteiger charge is 2.13. The van der Waals surface area contributed by atoms with E-state index in [0.717, 1.165) is 17.2 Å². The molecule has 0 saturated carbocycles. The van der Waals surface area contributed by atoms with Gasteiger partial charge in [0, 0.05) is 10.6 Å². The minimum absolute atomic E-state index is 0.0801. The van der Waals surface area contributed by atoms with Crippen LogP contribution in [-0.4, -0.2) is 30.9 Å². The first kappa shape index (κ1) is 20.4. The summed E-state index contributed by atoms with van der Waals surface area (Å²) in [6.45, 7) is 2.80. The predicted octanol–water partition coefficient (Wildman–Crippen LogP) is 3.01. The summed E-state index contributed by atoms with van der Waals surface area (Å²) < 4.78 is 18.3. The molecular weight excluding hydrogens is 375 g/mol. The van der Waals surface area contributed by atoms with Crippen LogP contribution in [0, 0.1) is 19.7 Å². The zero-order valence-corrected chi connectivity index (χ0v) is 15.5. The van der Waals surface area contributed by atoms with Crippen LogP contribution in [-0.2, 0) is 14.3 Å². The highest BCUT2D eigenvalue weighted by molar-refractivity contribution is 6.30. The molecule has 2 N–H and O–H groups in total. The molecule has 0 radical (unpaired) electrons. The van der Waals surface area contributed by atoms with Crippen molar-refractivity contribution in [2.75, 3.05) is 18.5 Å². The second-order valence-corrected chi connectivity index (χ2v) is 6.25. The molecule has 6 nitrogen and oxygen atoms in total. The number of anilines is 1. The lowest BCUT2D eigenvalue weighted by Gasteiger charge is -2.09. The first-order chi connectivity index (χ1) is 12.8. The molecule has 0 fully saturated rings. The van der Waals surface area contributed by atoms with Crippen molar-refractivity contribution in [3.8, 4) is 0 Å². The zero-order chi connectivity index (χ0) is 20.0. The number of carbonyl (C=O) groups is 3. The molecule has 0 saturated heterocycles. The van der Waals surface area contributed by atoms with Gasteiger partial charge >= 0.3 is 5.97 Å². The fourth-order valence-corrected chi connectivity index (χ4v) is 2.27. The van der Waals surface area contributed by atoms with Gasteiger partial charge in [-0.15, -0.1) is 0 Å². The van der Waals surface area contributed by atoms with E-state index in [2.05, 4.69) is 10.6 Å². The summed E-state index contributed by atoms with van der Waals surface area (Å²) in [4.78, 5) is 35.4. The summed E-state index contributed by atoms with van der Waals surface area (Å²) in [6.07, 6.45) is 0. The molecule has 0 aliphatic heterocycles. The topological polar surface area (TPSA) is 84.5 Å². The van der Waals surface area contributed by atoms with Gasteiger partial charge in [-0.3, -0.25) is 14.4 Å². The van der Waals surface area contributed by atoms with Crippen molar-refractivity contribution in [3.63, 3.8) is 0 Å². The van der Waals surface area contributed by atoms with Gasteiger partial charge in [-0.25, -0.2) is 4.39 Å². The molecule has 0 atom stereocenters. The van der Waals surface area contributed by atoms with Gasteiger partial charge in [0.2, 0.25) is 0 Å². The number of nitrogens with one attached hydrogen (secondary N) is 2. The molecule has 2 aromatic rings. The third kappa shape index (κ3) is 6.07. The van der Waals surface area contributed by atoms with Crippen LogP contribution in [0.4, 0.5) is 10.1 Å². The highest BCUT2D eigenvalue weighted by Crippen LogP contribution is 2.18. The van der Waals surface area contributed by atoms with E-state index in [0.29, 0.717) is 5.56 Å². The van der Waals surface area contributed by atoms with Crippen molar-refractivity contribution in [2.24, 2.45) is 0 Å². The Bertz CT molecular complexity index is 886. The number of esters is 1. The molecule has 0 heterocycles. The standard InChI is InChI=1S/C19H18ClFN2O4/c1-11-3-4-13(7-12(11)2)19(26)22-9-18(25)27-10-17(24)23-16-6-5-14(20)8-15(16)21/h3-8H,9-10H2,1-2H3,(H,22,26)(H,23,24). The Morgan fingerprint density at radius 2 is 1.81 bits per heavy atom. The van der Waals surface area contributed by atoms with E-state index in [1.165, 1.54) is 12.1 Å². The largest absolute Gasteiger partial charge is 0.454 e. The number of aryl methyl sites for hydroxylation is 2. The molecular formula is C19H18ClFN2O4. The van der Waals surface area contributed by atoms with E-state index < -0.39 is 36.8 Å².